The van der Waals surface area contributed by atoms with Gasteiger partial charge < -0.3 is 9.84 Å². The molecule has 0 aliphatic carbocycles. The fourth-order valence-corrected chi connectivity index (χ4v) is 0.908. The number of halogens is 2. The molecular weight excluding hydrogens is 218 g/mol. The highest BCUT2D eigenvalue weighted by Gasteiger charge is 2.28. The first-order valence-corrected chi connectivity index (χ1v) is 4.64. The normalized spacial score (nSPS) is 11.2. The molecule has 0 saturated heterocycles. The molecule has 1 aromatic carbocycles. The molecule has 0 aliphatic heterocycles. The van der Waals surface area contributed by atoms with Crippen molar-refractivity contribution in [2.24, 2.45) is 5.41 Å². The number of hydrogen-bond acceptors (Lipinski definition) is 2. The molecule has 5 heteroatoms. The highest BCUT2D eigenvalue weighted by molar-refractivity contribution is 5.73. The number of rotatable bonds is 4. The van der Waals surface area contributed by atoms with E-state index in [0.29, 0.717) is 0 Å². The monoisotopic (exact) mass is 230 g/mol. The third kappa shape index (κ3) is 2.92. The summed E-state index contributed by atoms with van der Waals surface area (Å²) in [6, 6.07) is 2.77. The van der Waals surface area contributed by atoms with Gasteiger partial charge in [-0.15, -0.1) is 0 Å². The lowest BCUT2D eigenvalue weighted by molar-refractivity contribution is -0.148. The van der Waals surface area contributed by atoms with Crippen molar-refractivity contribution in [3.05, 3.63) is 29.8 Å². The number of benzene rings is 1. The minimum Gasteiger partial charge on any atom is -0.489 e. The molecule has 16 heavy (non-hydrogen) atoms. The van der Waals surface area contributed by atoms with Crippen molar-refractivity contribution in [1.82, 2.24) is 0 Å². The zero-order valence-electron chi connectivity index (χ0n) is 8.96. The van der Waals surface area contributed by atoms with Crippen LogP contribution in [0.3, 0.4) is 0 Å². The van der Waals surface area contributed by atoms with E-state index >= 15 is 0 Å². The Labute approximate surface area is 91.7 Å². The smallest absolute Gasteiger partial charge is 0.312 e. The third-order valence-corrected chi connectivity index (χ3v) is 2.06. The van der Waals surface area contributed by atoms with E-state index in [1.54, 1.807) is 0 Å². The van der Waals surface area contributed by atoms with Crippen LogP contribution in [0, 0.1) is 17.0 Å². The van der Waals surface area contributed by atoms with Gasteiger partial charge in [0.1, 0.15) is 12.4 Å². The summed E-state index contributed by atoms with van der Waals surface area (Å²) in [6.45, 7) is 2.64. The lowest BCUT2D eigenvalue weighted by Crippen LogP contribution is -2.30. The van der Waals surface area contributed by atoms with E-state index in [2.05, 4.69) is 0 Å². The van der Waals surface area contributed by atoms with Gasteiger partial charge in [-0.25, -0.2) is 8.78 Å². The van der Waals surface area contributed by atoms with Crippen LogP contribution in [-0.4, -0.2) is 17.7 Å². The summed E-state index contributed by atoms with van der Waals surface area (Å²) in [6.07, 6.45) is 0. The Hall–Kier alpha value is -1.65. The molecule has 0 aromatic heterocycles. The topological polar surface area (TPSA) is 46.5 Å². The van der Waals surface area contributed by atoms with Crippen LogP contribution in [0.2, 0.25) is 0 Å². The van der Waals surface area contributed by atoms with E-state index < -0.39 is 23.0 Å². The Bertz CT molecular complexity index is 402. The summed E-state index contributed by atoms with van der Waals surface area (Å²) in [4.78, 5) is 10.7. The minimum absolute atomic E-state index is 0.233. The predicted molar refractivity (Wildman–Crippen MR) is 53.3 cm³/mol. The zero-order chi connectivity index (χ0) is 12.3. The van der Waals surface area contributed by atoms with Crippen molar-refractivity contribution >= 4 is 5.97 Å². The summed E-state index contributed by atoms with van der Waals surface area (Å²) in [5.74, 6) is -2.70. The Morgan fingerprint density at radius 2 is 2.06 bits per heavy atom. The summed E-state index contributed by atoms with van der Waals surface area (Å²) >= 11 is 0. The molecule has 0 heterocycles. The summed E-state index contributed by atoms with van der Waals surface area (Å²) in [5.41, 5.74) is -1.15. The largest absolute Gasteiger partial charge is 0.489 e. The van der Waals surface area contributed by atoms with Crippen molar-refractivity contribution in [3.63, 3.8) is 0 Å². The molecule has 1 rings (SSSR count). The van der Waals surface area contributed by atoms with Crippen LogP contribution < -0.4 is 4.74 Å². The van der Waals surface area contributed by atoms with Crippen LogP contribution in [0.1, 0.15) is 13.8 Å². The summed E-state index contributed by atoms with van der Waals surface area (Å²) < 4.78 is 30.8. The van der Waals surface area contributed by atoms with Gasteiger partial charge in [-0.3, -0.25) is 4.79 Å². The van der Waals surface area contributed by atoms with Crippen molar-refractivity contribution in [2.75, 3.05) is 6.61 Å². The lowest BCUT2D eigenvalue weighted by atomic mass is 9.95. The second-order valence-electron chi connectivity index (χ2n) is 4.05. The van der Waals surface area contributed by atoms with Crippen LogP contribution in [0.4, 0.5) is 8.78 Å². The zero-order valence-corrected chi connectivity index (χ0v) is 8.96. The Balaban J connectivity index is 2.75. The molecule has 0 radical (unpaired) electrons. The van der Waals surface area contributed by atoms with Gasteiger partial charge in [-0.1, -0.05) is 0 Å². The molecule has 3 nitrogen and oxygen atoms in total. The summed E-state index contributed by atoms with van der Waals surface area (Å²) in [5, 5.41) is 8.80. The van der Waals surface area contributed by atoms with E-state index in [4.69, 9.17) is 9.84 Å². The fourth-order valence-electron chi connectivity index (χ4n) is 0.908. The van der Waals surface area contributed by atoms with E-state index in [9.17, 15) is 13.6 Å². The van der Waals surface area contributed by atoms with Gasteiger partial charge in [0, 0.05) is 6.07 Å². The molecule has 0 spiro atoms. The van der Waals surface area contributed by atoms with Gasteiger partial charge >= 0.3 is 5.97 Å². The predicted octanol–water partition coefficient (Wildman–Crippen LogP) is 2.45. The molecule has 0 amide bonds. The van der Waals surface area contributed by atoms with Crippen LogP contribution in [0.25, 0.3) is 0 Å². The number of carboxylic acid groups (broad SMARTS) is 1. The van der Waals surface area contributed by atoms with Crippen LogP contribution in [-0.2, 0) is 4.79 Å². The first-order valence-electron chi connectivity index (χ1n) is 4.64. The Kier molecular flexibility index (Phi) is 3.47. The molecule has 1 N–H and O–H groups in total. The third-order valence-electron chi connectivity index (χ3n) is 2.06. The molecule has 0 unspecified atom stereocenters. The maximum absolute atomic E-state index is 13.1. The average Bonchev–Trinajstić information content (AvgIpc) is 2.19. The van der Waals surface area contributed by atoms with Crippen molar-refractivity contribution in [3.8, 4) is 5.75 Å². The molecule has 0 bridgehead atoms. The van der Waals surface area contributed by atoms with Gasteiger partial charge in [0.15, 0.2) is 11.6 Å². The van der Waals surface area contributed by atoms with E-state index in [1.807, 2.05) is 0 Å². The van der Waals surface area contributed by atoms with Gasteiger partial charge in [-0.2, -0.15) is 0 Å². The van der Waals surface area contributed by atoms with Crippen LogP contribution >= 0.6 is 0 Å². The quantitative estimate of drug-likeness (QED) is 0.864. The highest BCUT2D eigenvalue weighted by Crippen LogP contribution is 2.22. The van der Waals surface area contributed by atoms with Crippen LogP contribution in [0.5, 0.6) is 5.75 Å². The molecule has 0 saturated carbocycles. The maximum Gasteiger partial charge on any atom is 0.312 e. The van der Waals surface area contributed by atoms with Crippen molar-refractivity contribution < 1.29 is 23.4 Å². The number of aliphatic carboxylic acids is 1. The second kappa shape index (κ2) is 4.47. The van der Waals surface area contributed by atoms with Gasteiger partial charge in [0.25, 0.3) is 0 Å². The number of ether oxygens (including phenoxy) is 1. The van der Waals surface area contributed by atoms with Gasteiger partial charge in [-0.05, 0) is 26.0 Å². The molecule has 0 fully saturated rings. The highest BCUT2D eigenvalue weighted by atomic mass is 19.1. The fraction of sp³-hybridized carbons (Fsp3) is 0.364. The SMILES string of the molecule is CC(C)(COc1cc(F)ccc1F)C(=O)O. The van der Waals surface area contributed by atoms with Gasteiger partial charge in [0.05, 0.1) is 5.41 Å². The van der Waals surface area contributed by atoms with E-state index in [-0.39, 0.29) is 12.4 Å². The number of carboxylic acids is 1. The van der Waals surface area contributed by atoms with E-state index in [1.165, 1.54) is 13.8 Å². The van der Waals surface area contributed by atoms with Crippen molar-refractivity contribution in [2.45, 2.75) is 13.8 Å². The van der Waals surface area contributed by atoms with E-state index in [0.717, 1.165) is 18.2 Å². The number of carbonyl (C=O) groups is 1. The number of hydrogen-bond donors (Lipinski definition) is 1. The van der Waals surface area contributed by atoms with Crippen LogP contribution in [0.15, 0.2) is 18.2 Å². The van der Waals surface area contributed by atoms with Crippen molar-refractivity contribution in [1.29, 1.82) is 0 Å². The average molecular weight is 230 g/mol. The Morgan fingerprint density at radius 1 is 1.44 bits per heavy atom. The molecule has 0 aliphatic rings. The molecule has 88 valence electrons. The first kappa shape index (κ1) is 12.4. The Morgan fingerprint density at radius 3 is 2.62 bits per heavy atom. The lowest BCUT2D eigenvalue weighted by Gasteiger charge is -2.19. The first-order chi connectivity index (χ1) is 7.33. The molecule has 0 atom stereocenters. The standard InChI is InChI=1S/C11H12F2O3/c1-11(2,10(14)15)6-16-9-5-7(12)3-4-8(9)13/h3-5H,6H2,1-2H3,(H,14,15). The molecular formula is C11H12F2O3. The second-order valence-corrected chi connectivity index (χ2v) is 4.05. The minimum atomic E-state index is -1.15. The molecule has 1 aromatic rings. The van der Waals surface area contributed by atoms with Gasteiger partial charge in [0.2, 0.25) is 0 Å². The summed E-state index contributed by atoms with van der Waals surface area (Å²) in [7, 11) is 0. The maximum atomic E-state index is 13.1.